The fourth-order valence-corrected chi connectivity index (χ4v) is 17.3. The highest BCUT2D eigenvalue weighted by atomic mass is 31.1. The van der Waals surface area contributed by atoms with E-state index in [1.165, 1.54) is 76.5 Å². The van der Waals surface area contributed by atoms with E-state index >= 15 is 0 Å². The fraction of sp³-hybridized carbons (Fsp3) is 0.231. The van der Waals surface area contributed by atoms with Gasteiger partial charge in [-0.1, -0.05) is 203 Å². The van der Waals surface area contributed by atoms with Gasteiger partial charge in [0.15, 0.2) is 0 Å². The first kappa shape index (κ1) is 34.2. The Balaban J connectivity index is 1.38. The highest BCUT2D eigenvalue weighted by Gasteiger charge is 2.48. The van der Waals surface area contributed by atoms with Crippen LogP contribution < -0.4 is 0 Å². The van der Waals surface area contributed by atoms with E-state index in [0.29, 0.717) is 11.3 Å². The summed E-state index contributed by atoms with van der Waals surface area (Å²) in [5.41, 5.74) is 12.8. The molecule has 0 bridgehead atoms. The lowest BCUT2D eigenvalue weighted by Gasteiger charge is -2.48. The first-order chi connectivity index (χ1) is 26.1. The van der Waals surface area contributed by atoms with E-state index < -0.39 is 15.8 Å². The third-order valence-corrected chi connectivity index (χ3v) is 20.0. The molecule has 266 valence electrons. The molecule has 2 aliphatic heterocycles. The summed E-state index contributed by atoms with van der Waals surface area (Å²) < 4.78 is 0. The van der Waals surface area contributed by atoms with Gasteiger partial charge in [-0.25, -0.2) is 0 Å². The number of fused-ring (bicyclic) bond motifs is 14. The van der Waals surface area contributed by atoms with Crippen molar-refractivity contribution in [2.45, 2.75) is 75.5 Å². The Labute approximate surface area is 323 Å². The average molecular weight is 735 g/mol. The second kappa shape index (κ2) is 12.6. The van der Waals surface area contributed by atoms with Gasteiger partial charge in [0, 0.05) is 11.3 Å². The molecule has 10 rings (SSSR count). The van der Waals surface area contributed by atoms with Gasteiger partial charge in [0.25, 0.3) is 0 Å². The minimum absolute atomic E-state index is 0.123. The first-order valence-electron chi connectivity index (χ1n) is 19.7. The van der Waals surface area contributed by atoms with Gasteiger partial charge in [-0.3, -0.25) is 0 Å². The summed E-state index contributed by atoms with van der Waals surface area (Å²) in [6.45, 7) is 15.3. The molecule has 2 heterocycles. The Hall–Kier alpha value is -4.34. The van der Waals surface area contributed by atoms with E-state index in [1.54, 1.807) is 11.1 Å². The zero-order valence-corrected chi connectivity index (χ0v) is 34.1. The van der Waals surface area contributed by atoms with Crippen LogP contribution in [-0.4, -0.2) is 10.3 Å². The lowest BCUT2D eigenvalue weighted by molar-refractivity contribution is 0.723. The van der Waals surface area contributed by atoms with E-state index in [2.05, 4.69) is 187 Å². The van der Waals surface area contributed by atoms with Crippen LogP contribution in [0.2, 0.25) is 0 Å². The molecular weight excluding hydrogens is 687 g/mol. The van der Waals surface area contributed by atoms with Crippen LogP contribution in [0.5, 0.6) is 0 Å². The molecule has 0 N–H and O–H groups in total. The van der Waals surface area contributed by atoms with Crippen LogP contribution in [0.15, 0.2) is 146 Å². The highest BCUT2D eigenvalue weighted by Crippen LogP contribution is 2.79. The van der Waals surface area contributed by atoms with E-state index in [0.717, 1.165) is 12.3 Å². The van der Waals surface area contributed by atoms with Crippen molar-refractivity contribution in [1.82, 2.24) is 0 Å². The van der Waals surface area contributed by atoms with Crippen molar-refractivity contribution in [3.63, 3.8) is 0 Å². The SMILES string of the molecule is CC(C)(C)P1Cc2ccc3ccccc3c2-c2c(ccc3ccccc23)C1[C@H]1c2ccc3ccccc3c2-c2c(ccc3ccccc23)CP1C(C)(C)C. The summed E-state index contributed by atoms with van der Waals surface area (Å²) in [5, 5.41) is 11.1. The molecule has 0 aliphatic carbocycles. The molecule has 8 aromatic carbocycles. The summed E-state index contributed by atoms with van der Waals surface area (Å²) in [4.78, 5) is 0. The van der Waals surface area contributed by atoms with E-state index in [4.69, 9.17) is 0 Å². The normalized spacial score (nSPS) is 19.9. The van der Waals surface area contributed by atoms with E-state index in [1.807, 2.05) is 0 Å². The standard InChI is InChI=1S/C52H48P2/c1-51(2,3)53-31-37-25-23-33-15-7-11-19-39(33)45(37)47-41-21-13-9-17-35(41)27-29-43(47)49(53)50-44-30-28-36-18-10-14-22-42(36)48(44)46-38(32-54(50)52(4,5)6)26-24-34-16-8-12-20-40(34)46/h7-30,49-50H,31-32H2,1-6H3/t49-,50?,53?,54?/m1/s1. The van der Waals surface area contributed by atoms with Crippen LogP contribution in [0.4, 0.5) is 0 Å². The lowest BCUT2D eigenvalue weighted by atomic mass is 9.83. The maximum absolute atomic E-state index is 2.59. The summed E-state index contributed by atoms with van der Waals surface area (Å²) in [6.07, 6.45) is 2.24. The third kappa shape index (κ3) is 5.32. The van der Waals surface area contributed by atoms with Crippen molar-refractivity contribution in [3.8, 4) is 22.3 Å². The smallest absolute Gasteiger partial charge is 0.0165 e. The molecule has 54 heavy (non-hydrogen) atoms. The van der Waals surface area contributed by atoms with Crippen LogP contribution in [0.25, 0.3) is 65.3 Å². The molecule has 0 saturated carbocycles. The molecule has 0 fully saturated rings. The largest absolute Gasteiger partial charge is 0.0880 e. The average Bonchev–Trinajstić information content (AvgIpc) is 3.43. The molecule has 0 aromatic heterocycles. The minimum atomic E-state index is -0.557. The van der Waals surface area contributed by atoms with Gasteiger partial charge in [0.05, 0.1) is 0 Å². The van der Waals surface area contributed by atoms with E-state index in [9.17, 15) is 0 Å². The van der Waals surface area contributed by atoms with Crippen molar-refractivity contribution >= 4 is 58.9 Å². The Kier molecular flexibility index (Phi) is 7.97. The summed E-state index contributed by atoms with van der Waals surface area (Å²) in [7, 11) is -1.11. The predicted octanol–water partition coefficient (Wildman–Crippen LogP) is 16.0. The van der Waals surface area contributed by atoms with Gasteiger partial charge in [-0.2, -0.15) is 0 Å². The molecule has 2 heteroatoms. The molecule has 0 radical (unpaired) electrons. The maximum atomic E-state index is 2.59. The minimum Gasteiger partial charge on any atom is -0.0880 e. The number of hydrogen-bond donors (Lipinski definition) is 0. The molecule has 8 aromatic rings. The van der Waals surface area contributed by atoms with Crippen molar-refractivity contribution in [1.29, 1.82) is 0 Å². The molecule has 2 aliphatic rings. The van der Waals surface area contributed by atoms with Gasteiger partial charge < -0.3 is 0 Å². The molecule has 4 atom stereocenters. The Morgan fingerprint density at radius 3 is 0.981 bits per heavy atom. The van der Waals surface area contributed by atoms with Gasteiger partial charge in [0.1, 0.15) is 0 Å². The molecule has 0 saturated heterocycles. The Morgan fingerprint density at radius 2 is 0.648 bits per heavy atom. The van der Waals surface area contributed by atoms with Crippen molar-refractivity contribution in [3.05, 3.63) is 168 Å². The van der Waals surface area contributed by atoms with Gasteiger partial charge in [-0.05, 0) is 110 Å². The molecule has 0 spiro atoms. The van der Waals surface area contributed by atoms with Crippen LogP contribution in [0.1, 0.15) is 75.1 Å². The van der Waals surface area contributed by atoms with Gasteiger partial charge in [-0.15, -0.1) is 0 Å². The van der Waals surface area contributed by atoms with Crippen molar-refractivity contribution in [2.75, 3.05) is 0 Å². The molecule has 0 nitrogen and oxygen atoms in total. The van der Waals surface area contributed by atoms with Crippen LogP contribution >= 0.6 is 15.8 Å². The van der Waals surface area contributed by atoms with Crippen LogP contribution in [0, 0.1) is 0 Å². The third-order valence-electron chi connectivity index (χ3n) is 12.5. The van der Waals surface area contributed by atoms with Gasteiger partial charge in [0.2, 0.25) is 0 Å². The fourth-order valence-electron chi connectivity index (χ4n) is 10.0. The zero-order valence-electron chi connectivity index (χ0n) is 32.3. The number of benzene rings is 8. The summed E-state index contributed by atoms with van der Waals surface area (Å²) >= 11 is 0. The maximum Gasteiger partial charge on any atom is 0.0165 e. The quantitative estimate of drug-likeness (QED) is 0.147. The molecule has 3 unspecified atom stereocenters. The molecule has 0 amide bonds. The topological polar surface area (TPSA) is 0 Å². The monoisotopic (exact) mass is 734 g/mol. The lowest BCUT2D eigenvalue weighted by Crippen LogP contribution is -2.25. The second-order valence-corrected chi connectivity index (χ2v) is 23.9. The second-order valence-electron chi connectivity index (χ2n) is 17.6. The highest BCUT2D eigenvalue weighted by molar-refractivity contribution is 7.63. The van der Waals surface area contributed by atoms with Crippen LogP contribution in [-0.2, 0) is 12.3 Å². The predicted molar refractivity (Wildman–Crippen MR) is 240 cm³/mol. The van der Waals surface area contributed by atoms with Crippen molar-refractivity contribution < 1.29 is 0 Å². The summed E-state index contributed by atoms with van der Waals surface area (Å²) in [5.74, 6) is 0. The number of rotatable bonds is 1. The first-order valence-corrected chi connectivity index (χ1v) is 22.9. The van der Waals surface area contributed by atoms with Gasteiger partial charge >= 0.3 is 0 Å². The van der Waals surface area contributed by atoms with Crippen molar-refractivity contribution in [2.24, 2.45) is 0 Å². The zero-order chi connectivity index (χ0) is 36.9. The Bertz CT molecular complexity index is 2580. The summed E-state index contributed by atoms with van der Waals surface area (Å²) in [6, 6.07) is 56.5. The van der Waals surface area contributed by atoms with E-state index in [-0.39, 0.29) is 10.3 Å². The number of hydrogen-bond acceptors (Lipinski definition) is 0. The van der Waals surface area contributed by atoms with Crippen LogP contribution in [0.3, 0.4) is 0 Å². The molecular formula is C52H48P2. The Morgan fingerprint density at radius 1 is 0.352 bits per heavy atom.